The molecule has 0 radical (unpaired) electrons. The van der Waals surface area contributed by atoms with Crippen molar-refractivity contribution in [3.8, 4) is 0 Å². The molecule has 0 spiro atoms. The van der Waals surface area contributed by atoms with E-state index in [9.17, 15) is 5.11 Å². The summed E-state index contributed by atoms with van der Waals surface area (Å²) in [6.07, 6.45) is 7.13. The van der Waals surface area contributed by atoms with Gasteiger partial charge in [-0.3, -0.25) is 10.6 Å². The number of hydrogen-bond acceptors (Lipinski definition) is 3. The van der Waals surface area contributed by atoms with Gasteiger partial charge >= 0.3 is 0 Å². The van der Waals surface area contributed by atoms with Gasteiger partial charge in [-0.25, -0.2) is 0 Å². The Labute approximate surface area is 74.5 Å². The second kappa shape index (κ2) is 6.40. The summed E-state index contributed by atoms with van der Waals surface area (Å²) in [7, 11) is 0. The molecule has 0 atom stereocenters. The van der Waals surface area contributed by atoms with Crippen LogP contribution in [0.15, 0.2) is 0 Å². The lowest BCUT2D eigenvalue weighted by atomic mass is 10.1. The molecule has 0 saturated carbocycles. The number of hydrogen-bond donors (Lipinski definition) is 3. The molecule has 0 aromatic carbocycles. The number of rotatable bonds is 0. The Kier molecular flexibility index (Phi) is 5.32. The standard InChI is InChI=1S/C9H20N2O/c12-9-10-7-5-3-1-2-4-6-8-11-9/h9-12H,1-8H2. The highest BCUT2D eigenvalue weighted by Gasteiger charge is 2.01. The monoisotopic (exact) mass is 172 g/mol. The first-order valence-corrected chi connectivity index (χ1v) is 5.04. The van der Waals surface area contributed by atoms with E-state index in [0.29, 0.717) is 0 Å². The van der Waals surface area contributed by atoms with Gasteiger partial charge in [-0.2, -0.15) is 0 Å². The van der Waals surface area contributed by atoms with Gasteiger partial charge in [-0.05, 0) is 25.9 Å². The van der Waals surface area contributed by atoms with Crippen molar-refractivity contribution in [3.63, 3.8) is 0 Å². The summed E-state index contributed by atoms with van der Waals surface area (Å²) in [6.45, 7) is 1.85. The Balaban J connectivity index is 2.13. The summed E-state index contributed by atoms with van der Waals surface area (Å²) in [4.78, 5) is 0. The van der Waals surface area contributed by atoms with E-state index < -0.39 is 6.35 Å². The van der Waals surface area contributed by atoms with Crippen LogP contribution in [0.3, 0.4) is 0 Å². The first kappa shape index (κ1) is 9.96. The molecule has 0 aromatic rings. The molecule has 0 aliphatic carbocycles. The molecule has 3 heteroatoms. The maximum atomic E-state index is 9.30. The third kappa shape index (κ3) is 4.70. The lowest BCUT2D eigenvalue weighted by Crippen LogP contribution is -2.42. The quantitative estimate of drug-likeness (QED) is 0.506. The molecule has 1 fully saturated rings. The molecule has 12 heavy (non-hydrogen) atoms. The Hall–Kier alpha value is -0.120. The zero-order chi connectivity index (χ0) is 8.65. The molecule has 1 aliphatic heterocycles. The second-order valence-corrected chi connectivity index (χ2v) is 3.43. The Morgan fingerprint density at radius 3 is 1.67 bits per heavy atom. The van der Waals surface area contributed by atoms with E-state index in [0.717, 1.165) is 13.1 Å². The highest BCUT2D eigenvalue weighted by atomic mass is 16.3. The van der Waals surface area contributed by atoms with E-state index in [-0.39, 0.29) is 0 Å². The van der Waals surface area contributed by atoms with Gasteiger partial charge in [-0.15, -0.1) is 0 Å². The fourth-order valence-electron chi connectivity index (χ4n) is 1.51. The van der Waals surface area contributed by atoms with Crippen LogP contribution >= 0.6 is 0 Å². The molecule has 3 N–H and O–H groups in total. The molecule has 1 heterocycles. The van der Waals surface area contributed by atoms with Crippen LogP contribution in [-0.2, 0) is 0 Å². The van der Waals surface area contributed by atoms with Crippen molar-refractivity contribution in [1.29, 1.82) is 0 Å². The van der Waals surface area contributed by atoms with Gasteiger partial charge in [0.2, 0.25) is 0 Å². The summed E-state index contributed by atoms with van der Waals surface area (Å²) >= 11 is 0. The van der Waals surface area contributed by atoms with Gasteiger partial charge in [0.15, 0.2) is 6.35 Å². The van der Waals surface area contributed by atoms with Crippen molar-refractivity contribution < 1.29 is 5.11 Å². The van der Waals surface area contributed by atoms with Crippen LogP contribution in [0.1, 0.15) is 38.5 Å². The smallest absolute Gasteiger partial charge is 0.160 e. The van der Waals surface area contributed by atoms with E-state index in [4.69, 9.17) is 0 Å². The van der Waals surface area contributed by atoms with Crippen molar-refractivity contribution in [2.45, 2.75) is 44.9 Å². The van der Waals surface area contributed by atoms with Crippen LogP contribution < -0.4 is 10.6 Å². The fraction of sp³-hybridized carbons (Fsp3) is 1.00. The van der Waals surface area contributed by atoms with Crippen LogP contribution in [0.4, 0.5) is 0 Å². The zero-order valence-electron chi connectivity index (χ0n) is 7.68. The van der Waals surface area contributed by atoms with Crippen molar-refractivity contribution in [2.24, 2.45) is 0 Å². The predicted molar refractivity (Wildman–Crippen MR) is 49.7 cm³/mol. The summed E-state index contributed by atoms with van der Waals surface area (Å²) < 4.78 is 0. The van der Waals surface area contributed by atoms with Crippen molar-refractivity contribution in [2.75, 3.05) is 13.1 Å². The summed E-state index contributed by atoms with van der Waals surface area (Å²) in [5.41, 5.74) is 0. The normalized spacial score (nSPS) is 24.8. The molecule has 3 nitrogen and oxygen atoms in total. The predicted octanol–water partition coefficient (Wildman–Crippen LogP) is 0.796. The largest absolute Gasteiger partial charge is 0.365 e. The Morgan fingerprint density at radius 1 is 0.750 bits per heavy atom. The van der Waals surface area contributed by atoms with Crippen molar-refractivity contribution in [3.05, 3.63) is 0 Å². The van der Waals surface area contributed by atoms with E-state index >= 15 is 0 Å². The van der Waals surface area contributed by atoms with Gasteiger partial charge in [0.05, 0.1) is 0 Å². The van der Waals surface area contributed by atoms with Crippen LogP contribution in [0.2, 0.25) is 0 Å². The van der Waals surface area contributed by atoms with E-state index in [1.807, 2.05) is 0 Å². The number of nitrogens with one attached hydrogen (secondary N) is 2. The van der Waals surface area contributed by atoms with Crippen LogP contribution in [0.25, 0.3) is 0 Å². The Morgan fingerprint density at radius 2 is 1.17 bits per heavy atom. The van der Waals surface area contributed by atoms with Gasteiger partial charge < -0.3 is 5.11 Å². The minimum absolute atomic E-state index is 0.497. The zero-order valence-corrected chi connectivity index (χ0v) is 7.68. The highest BCUT2D eigenvalue weighted by Crippen LogP contribution is 2.05. The fourth-order valence-corrected chi connectivity index (χ4v) is 1.51. The van der Waals surface area contributed by atoms with E-state index in [2.05, 4.69) is 10.6 Å². The second-order valence-electron chi connectivity index (χ2n) is 3.43. The molecule has 1 rings (SSSR count). The lowest BCUT2D eigenvalue weighted by Gasteiger charge is -2.13. The minimum Gasteiger partial charge on any atom is -0.365 e. The van der Waals surface area contributed by atoms with Crippen molar-refractivity contribution in [1.82, 2.24) is 10.6 Å². The summed E-state index contributed by atoms with van der Waals surface area (Å²) in [5, 5.41) is 15.3. The van der Waals surface area contributed by atoms with Crippen LogP contribution in [0.5, 0.6) is 0 Å². The molecule has 0 aromatic heterocycles. The summed E-state index contributed by atoms with van der Waals surface area (Å²) in [5.74, 6) is 0. The summed E-state index contributed by atoms with van der Waals surface area (Å²) in [6, 6.07) is 0. The maximum Gasteiger partial charge on any atom is 0.160 e. The average Bonchev–Trinajstić information content (AvgIpc) is 2.11. The average molecular weight is 172 g/mol. The first-order valence-electron chi connectivity index (χ1n) is 5.04. The maximum absolute atomic E-state index is 9.30. The van der Waals surface area contributed by atoms with Gasteiger partial charge in [-0.1, -0.05) is 25.7 Å². The molecule has 0 bridgehead atoms. The Bertz CT molecular complexity index is 96.7. The van der Waals surface area contributed by atoms with Crippen molar-refractivity contribution >= 4 is 0 Å². The lowest BCUT2D eigenvalue weighted by molar-refractivity contribution is 0.102. The van der Waals surface area contributed by atoms with Gasteiger partial charge in [0.1, 0.15) is 0 Å². The molecule has 72 valence electrons. The van der Waals surface area contributed by atoms with Gasteiger partial charge in [0.25, 0.3) is 0 Å². The third-order valence-electron chi connectivity index (χ3n) is 2.28. The molecule has 0 unspecified atom stereocenters. The van der Waals surface area contributed by atoms with Crippen LogP contribution in [-0.4, -0.2) is 24.5 Å². The third-order valence-corrected chi connectivity index (χ3v) is 2.28. The topological polar surface area (TPSA) is 44.3 Å². The SMILES string of the molecule is OC1NCCCCCCCCN1. The molecular formula is C9H20N2O. The molecule has 1 saturated heterocycles. The molecular weight excluding hydrogens is 152 g/mol. The molecule has 1 aliphatic rings. The first-order chi connectivity index (χ1) is 5.89. The van der Waals surface area contributed by atoms with E-state index in [1.165, 1.54) is 38.5 Å². The van der Waals surface area contributed by atoms with E-state index in [1.54, 1.807) is 0 Å². The van der Waals surface area contributed by atoms with Crippen LogP contribution in [0, 0.1) is 0 Å². The number of aliphatic hydroxyl groups excluding tert-OH is 1. The molecule has 0 amide bonds. The highest BCUT2D eigenvalue weighted by molar-refractivity contribution is 4.56. The van der Waals surface area contributed by atoms with Gasteiger partial charge in [0, 0.05) is 0 Å². The number of aliphatic hydroxyl groups is 1. The minimum atomic E-state index is -0.497.